The minimum atomic E-state index is -4.15. The molecule has 3 aromatic carbocycles. The van der Waals surface area contributed by atoms with Gasteiger partial charge in [0.2, 0.25) is 11.8 Å². The molecule has 0 saturated carbocycles. The molecule has 0 fully saturated rings. The van der Waals surface area contributed by atoms with E-state index in [4.69, 9.17) is 16.3 Å². The van der Waals surface area contributed by atoms with Crippen LogP contribution in [0.2, 0.25) is 5.02 Å². The average molecular weight is 572 g/mol. The summed E-state index contributed by atoms with van der Waals surface area (Å²) in [7, 11) is -2.66. The van der Waals surface area contributed by atoms with Gasteiger partial charge in [0.25, 0.3) is 10.0 Å². The number of ether oxygens (including phenoxy) is 1. The van der Waals surface area contributed by atoms with E-state index >= 15 is 0 Å². The topological polar surface area (TPSA) is 96.0 Å². The number of para-hydroxylation sites is 1. The Morgan fingerprint density at radius 1 is 0.974 bits per heavy atom. The lowest BCUT2D eigenvalue weighted by Crippen LogP contribution is -2.52. The quantitative estimate of drug-likeness (QED) is 0.334. The van der Waals surface area contributed by atoms with Gasteiger partial charge in [-0.15, -0.1) is 0 Å². The van der Waals surface area contributed by atoms with Crippen LogP contribution in [0.4, 0.5) is 5.69 Å². The van der Waals surface area contributed by atoms with E-state index in [0.29, 0.717) is 22.0 Å². The zero-order valence-corrected chi connectivity index (χ0v) is 24.1. The number of halogens is 1. The highest BCUT2D eigenvalue weighted by Crippen LogP contribution is 2.26. The number of benzene rings is 3. The Bertz CT molecular complexity index is 1370. The first-order valence-corrected chi connectivity index (χ1v) is 14.4. The fourth-order valence-electron chi connectivity index (χ4n) is 3.88. The van der Waals surface area contributed by atoms with E-state index in [9.17, 15) is 18.0 Å². The molecule has 3 rings (SSSR count). The fraction of sp³-hybridized carbons (Fsp3) is 0.310. The number of carbonyl (C=O) groups excluding carboxylic acids is 2. The van der Waals surface area contributed by atoms with E-state index in [2.05, 4.69) is 5.32 Å². The number of carbonyl (C=O) groups is 2. The summed E-state index contributed by atoms with van der Waals surface area (Å²) in [6.07, 6.45) is 0.725. The van der Waals surface area contributed by atoms with Crippen molar-refractivity contribution in [2.24, 2.45) is 0 Å². The smallest absolute Gasteiger partial charge is 0.264 e. The summed E-state index contributed by atoms with van der Waals surface area (Å²) in [5, 5.41) is 3.40. The van der Waals surface area contributed by atoms with Gasteiger partial charge in [-0.1, -0.05) is 48.9 Å². The summed E-state index contributed by atoms with van der Waals surface area (Å²) < 4.78 is 33.8. The highest BCUT2D eigenvalue weighted by atomic mass is 35.5. The molecule has 208 valence electrons. The number of rotatable bonds is 12. The molecule has 0 spiro atoms. The number of hydrogen-bond acceptors (Lipinski definition) is 5. The van der Waals surface area contributed by atoms with Crippen molar-refractivity contribution in [2.75, 3.05) is 18.0 Å². The van der Waals surface area contributed by atoms with E-state index in [1.165, 1.54) is 24.1 Å². The lowest BCUT2D eigenvalue weighted by Gasteiger charge is -2.32. The Hall–Kier alpha value is -3.56. The fourth-order valence-corrected chi connectivity index (χ4v) is 5.51. The maximum absolute atomic E-state index is 13.9. The van der Waals surface area contributed by atoms with Crippen LogP contribution in [0.15, 0.2) is 83.8 Å². The van der Waals surface area contributed by atoms with Crippen molar-refractivity contribution < 1.29 is 22.7 Å². The van der Waals surface area contributed by atoms with E-state index in [-0.39, 0.29) is 23.4 Å². The van der Waals surface area contributed by atoms with Crippen molar-refractivity contribution in [3.8, 4) is 5.75 Å². The second-order valence-corrected chi connectivity index (χ2v) is 11.5. The third-order valence-electron chi connectivity index (χ3n) is 6.38. The van der Waals surface area contributed by atoms with Crippen molar-refractivity contribution >= 4 is 39.1 Å². The minimum absolute atomic E-state index is 0.00362. The number of anilines is 1. The number of nitrogens with one attached hydrogen (secondary N) is 1. The Morgan fingerprint density at radius 2 is 1.64 bits per heavy atom. The molecule has 0 aliphatic rings. The minimum Gasteiger partial charge on any atom is -0.497 e. The molecular weight excluding hydrogens is 538 g/mol. The molecule has 2 amide bonds. The molecule has 0 unspecified atom stereocenters. The molecule has 0 aliphatic heterocycles. The lowest BCUT2D eigenvalue weighted by atomic mass is 10.1. The number of methoxy groups -OCH3 is 1. The molecule has 2 atom stereocenters. The van der Waals surface area contributed by atoms with Crippen molar-refractivity contribution in [3.05, 3.63) is 89.4 Å². The zero-order chi connectivity index (χ0) is 28.6. The molecule has 8 nitrogen and oxygen atoms in total. The van der Waals surface area contributed by atoms with Gasteiger partial charge in [-0.25, -0.2) is 8.42 Å². The van der Waals surface area contributed by atoms with Gasteiger partial charge in [-0.3, -0.25) is 13.9 Å². The summed E-state index contributed by atoms with van der Waals surface area (Å²) in [5.74, 6) is -0.364. The van der Waals surface area contributed by atoms with Gasteiger partial charge in [-0.05, 0) is 74.4 Å². The summed E-state index contributed by atoms with van der Waals surface area (Å²) in [6, 6.07) is 20.4. The predicted molar refractivity (Wildman–Crippen MR) is 153 cm³/mol. The Morgan fingerprint density at radius 3 is 2.23 bits per heavy atom. The van der Waals surface area contributed by atoms with Crippen LogP contribution in [0.5, 0.6) is 5.75 Å². The molecule has 0 heterocycles. The first-order chi connectivity index (χ1) is 18.6. The van der Waals surface area contributed by atoms with E-state index in [0.717, 1.165) is 10.7 Å². The molecule has 0 aromatic heterocycles. The molecule has 39 heavy (non-hydrogen) atoms. The standard InChI is InChI=1S/C29H34ClN3O5S/c1-5-21(2)31-29(35)22(3)32(19-23-10-9-11-24(30)18-23)28(34)20-33(25-12-7-6-8-13-25)39(36,37)27-16-14-26(38-4)15-17-27/h6-18,21-22H,5,19-20H2,1-4H3,(H,31,35)/t21-,22+/m1/s1. The van der Waals surface area contributed by atoms with Crippen molar-refractivity contribution in [1.29, 1.82) is 0 Å². The van der Waals surface area contributed by atoms with E-state index < -0.39 is 28.5 Å². The van der Waals surface area contributed by atoms with Gasteiger partial charge in [-0.2, -0.15) is 0 Å². The number of nitrogens with zero attached hydrogens (tertiary/aromatic N) is 2. The largest absolute Gasteiger partial charge is 0.497 e. The van der Waals surface area contributed by atoms with Crippen molar-refractivity contribution in [2.45, 2.75) is 50.7 Å². The SMILES string of the molecule is CC[C@@H](C)NC(=O)[C@H](C)N(Cc1cccc(Cl)c1)C(=O)CN(c1ccccc1)S(=O)(=O)c1ccc(OC)cc1. The zero-order valence-electron chi connectivity index (χ0n) is 22.5. The van der Waals surface area contributed by atoms with Crippen LogP contribution < -0.4 is 14.4 Å². The van der Waals surface area contributed by atoms with Gasteiger partial charge in [0, 0.05) is 17.6 Å². The first-order valence-electron chi connectivity index (χ1n) is 12.6. The Balaban J connectivity index is 2.00. The van der Waals surface area contributed by atoms with Crippen molar-refractivity contribution in [3.63, 3.8) is 0 Å². The normalized spacial score (nSPS) is 12.7. The highest BCUT2D eigenvalue weighted by molar-refractivity contribution is 7.92. The average Bonchev–Trinajstić information content (AvgIpc) is 2.94. The van der Waals surface area contributed by atoms with Crippen LogP contribution in [0.25, 0.3) is 0 Å². The van der Waals surface area contributed by atoms with Crippen LogP contribution in [0.3, 0.4) is 0 Å². The molecule has 1 N–H and O–H groups in total. The third-order valence-corrected chi connectivity index (χ3v) is 8.40. The van der Waals surface area contributed by atoms with Gasteiger partial charge >= 0.3 is 0 Å². The maximum atomic E-state index is 13.9. The second-order valence-electron chi connectivity index (χ2n) is 9.17. The second kappa shape index (κ2) is 13.5. The summed E-state index contributed by atoms with van der Waals surface area (Å²) in [6.45, 7) is 5.02. The lowest BCUT2D eigenvalue weighted by molar-refractivity contribution is -0.139. The molecule has 10 heteroatoms. The Labute approximate surface area is 235 Å². The first kappa shape index (κ1) is 30.0. The van der Waals surface area contributed by atoms with Crippen LogP contribution in [0.1, 0.15) is 32.8 Å². The van der Waals surface area contributed by atoms with Crippen LogP contribution >= 0.6 is 11.6 Å². The molecule has 0 radical (unpaired) electrons. The van der Waals surface area contributed by atoms with Gasteiger partial charge in [0.15, 0.2) is 0 Å². The third kappa shape index (κ3) is 7.74. The molecule has 0 aliphatic carbocycles. The monoisotopic (exact) mass is 571 g/mol. The molecule has 0 bridgehead atoms. The highest BCUT2D eigenvalue weighted by Gasteiger charge is 2.32. The molecular formula is C29H34ClN3O5S. The van der Waals surface area contributed by atoms with E-state index in [1.807, 2.05) is 13.8 Å². The number of sulfonamides is 1. The summed E-state index contributed by atoms with van der Waals surface area (Å²) >= 11 is 6.17. The van der Waals surface area contributed by atoms with Crippen LogP contribution in [-0.2, 0) is 26.2 Å². The number of amides is 2. The predicted octanol–water partition coefficient (Wildman–Crippen LogP) is 4.88. The van der Waals surface area contributed by atoms with Gasteiger partial charge < -0.3 is 15.0 Å². The van der Waals surface area contributed by atoms with Gasteiger partial charge in [0.05, 0.1) is 17.7 Å². The molecule has 0 saturated heterocycles. The molecule has 3 aromatic rings. The summed E-state index contributed by atoms with van der Waals surface area (Å²) in [4.78, 5) is 28.3. The van der Waals surface area contributed by atoms with Crippen molar-refractivity contribution in [1.82, 2.24) is 10.2 Å². The number of hydrogen-bond donors (Lipinski definition) is 1. The summed E-state index contributed by atoms with van der Waals surface area (Å²) in [5.41, 5.74) is 1.03. The Kier molecular flexibility index (Phi) is 10.4. The van der Waals surface area contributed by atoms with Crippen LogP contribution in [0, 0.1) is 0 Å². The maximum Gasteiger partial charge on any atom is 0.264 e. The van der Waals surface area contributed by atoms with E-state index in [1.54, 1.807) is 73.7 Å². The van der Waals surface area contributed by atoms with Gasteiger partial charge in [0.1, 0.15) is 18.3 Å². The van der Waals surface area contributed by atoms with Crippen LogP contribution in [-0.4, -0.2) is 50.9 Å².